The number of thiazole rings is 1. The minimum atomic E-state index is 0.409. The van der Waals surface area contributed by atoms with Gasteiger partial charge >= 0.3 is 0 Å². The molecule has 0 bridgehead atoms. The van der Waals surface area contributed by atoms with Gasteiger partial charge in [-0.15, -0.1) is 21.6 Å². The maximum Gasteiger partial charge on any atom is 0.229 e. The summed E-state index contributed by atoms with van der Waals surface area (Å²) in [6.45, 7) is 4.42. The van der Waals surface area contributed by atoms with E-state index in [2.05, 4.69) is 130 Å². The van der Waals surface area contributed by atoms with E-state index < -0.39 is 0 Å². The fourth-order valence-electron chi connectivity index (χ4n) is 5.00. The first-order valence-corrected chi connectivity index (χ1v) is 15.0. The van der Waals surface area contributed by atoms with Crippen LogP contribution in [0, 0.1) is 0 Å². The average Bonchev–Trinajstić information content (AvgIpc) is 3.57. The molecule has 6 aromatic rings. The fraction of sp³-hybridized carbons (Fsp3) is 0.147. The number of azo groups is 1. The lowest BCUT2D eigenvalue weighted by atomic mass is 10.0. The van der Waals surface area contributed by atoms with Gasteiger partial charge in [0.25, 0.3) is 0 Å². The Balaban J connectivity index is 1.25. The van der Waals surface area contributed by atoms with E-state index in [1.807, 2.05) is 29.6 Å². The monoisotopic (exact) mass is 571 g/mol. The van der Waals surface area contributed by atoms with Gasteiger partial charge in [0, 0.05) is 63.3 Å². The highest BCUT2D eigenvalue weighted by atomic mass is 32.1. The largest absolute Gasteiger partial charge is 0.382 e. The number of benzene rings is 5. The number of fused-ring (bicyclic) bond motifs is 2. The average molecular weight is 572 g/mol. The zero-order valence-electron chi connectivity index (χ0n) is 23.9. The van der Waals surface area contributed by atoms with Crippen molar-refractivity contribution in [3.8, 4) is 0 Å². The van der Waals surface area contributed by atoms with Crippen molar-refractivity contribution in [2.75, 3.05) is 28.1 Å². The number of nitrogens with zero attached hydrogens (tertiary/aromatic N) is 4. The second-order valence-electron chi connectivity index (χ2n) is 10.2. The second kappa shape index (κ2) is 12.3. The molecule has 1 unspecified atom stereocenters. The molecule has 0 aliphatic rings. The quantitative estimate of drug-likeness (QED) is 0.113. The molecular formula is C34H33N7S. The third-order valence-corrected chi connectivity index (χ3v) is 8.07. The molecule has 0 radical (unpaired) electrons. The minimum absolute atomic E-state index is 0.409. The van der Waals surface area contributed by atoms with E-state index in [4.69, 9.17) is 0 Å². The van der Waals surface area contributed by atoms with Gasteiger partial charge in [-0.2, -0.15) is 0 Å². The molecule has 0 fully saturated rings. The number of hydrazine groups is 1. The van der Waals surface area contributed by atoms with Gasteiger partial charge in [-0.1, -0.05) is 55.5 Å². The van der Waals surface area contributed by atoms with Gasteiger partial charge in [0.2, 0.25) is 5.13 Å². The lowest BCUT2D eigenvalue weighted by Gasteiger charge is -2.25. The van der Waals surface area contributed by atoms with Crippen LogP contribution in [0.2, 0.25) is 0 Å². The first-order valence-electron chi connectivity index (χ1n) is 14.1. The molecule has 6 rings (SSSR count). The van der Waals surface area contributed by atoms with Crippen molar-refractivity contribution in [2.24, 2.45) is 10.2 Å². The van der Waals surface area contributed by atoms with E-state index in [0.29, 0.717) is 11.2 Å². The Hall–Kier alpha value is -4.95. The summed E-state index contributed by atoms with van der Waals surface area (Å²) >= 11 is 1.46. The fourth-order valence-corrected chi connectivity index (χ4v) is 5.45. The SMILES string of the molecule is CCC(C)Nc1ccc(N(C)c2ccc(NNc3ccc(N=Nc4nccs4)cc3)c3ccccc23)c2ccccc12. The predicted molar refractivity (Wildman–Crippen MR) is 179 cm³/mol. The summed E-state index contributed by atoms with van der Waals surface area (Å²) in [5, 5.41) is 19.4. The van der Waals surface area contributed by atoms with Gasteiger partial charge < -0.3 is 21.1 Å². The van der Waals surface area contributed by atoms with Crippen molar-refractivity contribution >= 4 is 72.1 Å². The van der Waals surface area contributed by atoms with Crippen LogP contribution in [-0.2, 0) is 0 Å². The highest BCUT2D eigenvalue weighted by Gasteiger charge is 2.15. The first kappa shape index (κ1) is 27.2. The van der Waals surface area contributed by atoms with Crippen molar-refractivity contribution in [3.05, 3.63) is 109 Å². The van der Waals surface area contributed by atoms with E-state index in [0.717, 1.165) is 45.6 Å². The molecule has 0 amide bonds. The van der Waals surface area contributed by atoms with Crippen LogP contribution in [-0.4, -0.2) is 18.1 Å². The van der Waals surface area contributed by atoms with Crippen molar-refractivity contribution in [2.45, 2.75) is 26.3 Å². The molecule has 7 nitrogen and oxygen atoms in total. The molecule has 3 N–H and O–H groups in total. The summed E-state index contributed by atoms with van der Waals surface area (Å²) in [5.41, 5.74) is 12.9. The molecule has 5 aromatic carbocycles. The molecule has 42 heavy (non-hydrogen) atoms. The Morgan fingerprint density at radius 1 is 0.738 bits per heavy atom. The number of hydrogen-bond donors (Lipinski definition) is 3. The third kappa shape index (κ3) is 5.75. The van der Waals surface area contributed by atoms with Crippen molar-refractivity contribution in [1.29, 1.82) is 0 Å². The summed E-state index contributed by atoms with van der Waals surface area (Å²) < 4.78 is 0. The zero-order chi connectivity index (χ0) is 28.9. The molecule has 1 atom stereocenters. The topological polar surface area (TPSA) is 76.9 Å². The van der Waals surface area contributed by atoms with E-state index in [9.17, 15) is 0 Å². The maximum atomic E-state index is 4.26. The first-order chi connectivity index (χ1) is 20.6. The lowest BCUT2D eigenvalue weighted by molar-refractivity contribution is 0.765. The normalized spacial score (nSPS) is 12.1. The molecule has 0 spiro atoms. The minimum Gasteiger partial charge on any atom is -0.382 e. The molecule has 1 aromatic heterocycles. The van der Waals surface area contributed by atoms with Gasteiger partial charge in [-0.05, 0) is 61.9 Å². The Kier molecular flexibility index (Phi) is 7.96. The van der Waals surface area contributed by atoms with Crippen LogP contribution in [0.25, 0.3) is 21.5 Å². The number of nitrogens with one attached hydrogen (secondary N) is 3. The van der Waals surface area contributed by atoms with Gasteiger partial charge in [-0.3, -0.25) is 0 Å². The Morgan fingerprint density at radius 2 is 1.36 bits per heavy atom. The van der Waals surface area contributed by atoms with Crippen LogP contribution >= 0.6 is 11.3 Å². The third-order valence-electron chi connectivity index (χ3n) is 7.42. The van der Waals surface area contributed by atoms with E-state index >= 15 is 0 Å². The molecule has 1 heterocycles. The highest BCUT2D eigenvalue weighted by Crippen LogP contribution is 2.39. The summed E-state index contributed by atoms with van der Waals surface area (Å²) in [7, 11) is 2.14. The van der Waals surface area contributed by atoms with Gasteiger partial charge in [0.05, 0.1) is 17.1 Å². The van der Waals surface area contributed by atoms with Crippen molar-refractivity contribution in [3.63, 3.8) is 0 Å². The molecule has 8 heteroatoms. The van der Waals surface area contributed by atoms with Crippen LogP contribution in [0.5, 0.6) is 0 Å². The molecule has 0 aliphatic heterocycles. The second-order valence-corrected chi connectivity index (χ2v) is 11.1. The summed E-state index contributed by atoms with van der Waals surface area (Å²) in [6.07, 6.45) is 2.79. The van der Waals surface area contributed by atoms with Crippen molar-refractivity contribution in [1.82, 2.24) is 4.98 Å². The van der Waals surface area contributed by atoms with Crippen molar-refractivity contribution < 1.29 is 0 Å². The lowest BCUT2D eigenvalue weighted by Crippen LogP contribution is -2.15. The number of hydrogen-bond acceptors (Lipinski definition) is 8. The smallest absolute Gasteiger partial charge is 0.229 e. The van der Waals surface area contributed by atoms with Crippen LogP contribution in [0.3, 0.4) is 0 Å². The Morgan fingerprint density at radius 3 is 1.98 bits per heavy atom. The predicted octanol–water partition coefficient (Wildman–Crippen LogP) is 10.3. The van der Waals surface area contributed by atoms with E-state index in [1.54, 1.807) is 6.20 Å². The molecule has 210 valence electrons. The number of anilines is 5. The summed E-state index contributed by atoms with van der Waals surface area (Å²) in [6, 6.07) is 34.0. The Labute approximate surface area is 249 Å². The summed E-state index contributed by atoms with van der Waals surface area (Å²) in [5.74, 6) is 0. The van der Waals surface area contributed by atoms with Crippen LogP contribution in [0.15, 0.2) is 119 Å². The van der Waals surface area contributed by atoms with Crippen LogP contribution < -0.4 is 21.1 Å². The zero-order valence-corrected chi connectivity index (χ0v) is 24.7. The van der Waals surface area contributed by atoms with Crippen LogP contribution in [0.1, 0.15) is 20.3 Å². The molecule has 0 aliphatic carbocycles. The summed E-state index contributed by atoms with van der Waals surface area (Å²) in [4.78, 5) is 6.42. The van der Waals surface area contributed by atoms with E-state index in [-0.39, 0.29) is 0 Å². The van der Waals surface area contributed by atoms with Gasteiger partial charge in [0.1, 0.15) is 0 Å². The van der Waals surface area contributed by atoms with E-state index in [1.165, 1.54) is 27.8 Å². The standard InChI is InChI=1S/C34H33N7S/c1-4-23(2)36-30-17-19-32(28-11-7-5-9-26(28)30)41(3)33-20-18-31(27-10-6-8-12-29(27)33)39-37-24-13-15-25(16-14-24)38-40-34-35-21-22-42-34/h5-23,36-37,39H,4H2,1-3H3. The van der Waals surface area contributed by atoms with Gasteiger partial charge in [-0.25, -0.2) is 4.98 Å². The molecular weight excluding hydrogens is 538 g/mol. The molecule has 0 saturated heterocycles. The maximum absolute atomic E-state index is 4.26. The highest BCUT2D eigenvalue weighted by molar-refractivity contribution is 7.13. The Bertz CT molecular complexity index is 1830. The number of aromatic nitrogens is 1. The number of rotatable bonds is 10. The van der Waals surface area contributed by atoms with Gasteiger partial charge in [0.15, 0.2) is 0 Å². The molecule has 0 saturated carbocycles. The van der Waals surface area contributed by atoms with Crippen LogP contribution in [0.4, 0.5) is 39.3 Å².